The zero-order chi connectivity index (χ0) is 8.55. The summed E-state index contributed by atoms with van der Waals surface area (Å²) in [4.78, 5) is 8.30. The second kappa shape index (κ2) is 2.99. The van der Waals surface area contributed by atoms with E-state index in [2.05, 4.69) is 9.97 Å². The van der Waals surface area contributed by atoms with Gasteiger partial charge in [0, 0.05) is 4.90 Å². The van der Waals surface area contributed by atoms with E-state index in [9.17, 15) is 0 Å². The first kappa shape index (κ1) is 7.95. The molecule has 0 aliphatic rings. The van der Waals surface area contributed by atoms with Crippen molar-refractivity contribution >= 4 is 34.4 Å². The number of halogens is 1. The van der Waals surface area contributed by atoms with Crippen molar-refractivity contribution in [2.24, 2.45) is 0 Å². The van der Waals surface area contributed by atoms with E-state index < -0.39 is 0 Å². The van der Waals surface area contributed by atoms with Crippen molar-refractivity contribution in [1.29, 1.82) is 0 Å². The van der Waals surface area contributed by atoms with Gasteiger partial charge in [-0.05, 0) is 30.0 Å². The third kappa shape index (κ3) is 1.19. The van der Waals surface area contributed by atoms with Gasteiger partial charge in [-0.15, -0.1) is 11.8 Å². The van der Waals surface area contributed by atoms with Gasteiger partial charge < -0.3 is 4.98 Å². The topological polar surface area (TPSA) is 28.7 Å². The summed E-state index contributed by atoms with van der Waals surface area (Å²) >= 11 is 7.41. The van der Waals surface area contributed by atoms with Crippen LogP contribution in [0.1, 0.15) is 0 Å². The van der Waals surface area contributed by atoms with Crippen LogP contribution in [0.25, 0.3) is 11.0 Å². The van der Waals surface area contributed by atoms with Crippen LogP contribution in [0.3, 0.4) is 0 Å². The average molecular weight is 199 g/mol. The van der Waals surface area contributed by atoms with Crippen LogP contribution in [-0.4, -0.2) is 16.2 Å². The van der Waals surface area contributed by atoms with Gasteiger partial charge in [0.2, 0.25) is 5.28 Å². The molecule has 0 aliphatic carbocycles. The van der Waals surface area contributed by atoms with Crippen molar-refractivity contribution in [3.8, 4) is 0 Å². The predicted octanol–water partition coefficient (Wildman–Crippen LogP) is 2.94. The number of thioether (sulfide) groups is 1. The molecule has 12 heavy (non-hydrogen) atoms. The molecule has 0 amide bonds. The number of para-hydroxylation sites is 1. The van der Waals surface area contributed by atoms with Gasteiger partial charge in [-0.2, -0.15) is 0 Å². The van der Waals surface area contributed by atoms with Crippen LogP contribution >= 0.6 is 23.4 Å². The number of aromatic amines is 1. The quantitative estimate of drug-likeness (QED) is 0.714. The highest BCUT2D eigenvalue weighted by atomic mass is 35.5. The summed E-state index contributed by atoms with van der Waals surface area (Å²) in [6.07, 6.45) is 2.03. The van der Waals surface area contributed by atoms with Gasteiger partial charge in [-0.1, -0.05) is 6.07 Å². The highest BCUT2D eigenvalue weighted by Crippen LogP contribution is 2.25. The fourth-order valence-corrected chi connectivity index (χ4v) is 1.89. The Labute approximate surface area is 79.3 Å². The first-order chi connectivity index (χ1) is 5.81. The van der Waals surface area contributed by atoms with Gasteiger partial charge in [0.05, 0.1) is 5.52 Å². The van der Waals surface area contributed by atoms with Crippen LogP contribution < -0.4 is 0 Å². The Morgan fingerprint density at radius 2 is 2.33 bits per heavy atom. The fourth-order valence-electron chi connectivity index (χ4n) is 1.14. The Balaban J connectivity index is 2.78. The molecule has 2 nitrogen and oxygen atoms in total. The number of hydrogen-bond acceptors (Lipinski definition) is 2. The monoisotopic (exact) mass is 198 g/mol. The van der Waals surface area contributed by atoms with E-state index in [1.807, 2.05) is 24.5 Å². The maximum atomic E-state index is 5.74. The van der Waals surface area contributed by atoms with E-state index in [1.165, 1.54) is 0 Å². The molecule has 1 aromatic heterocycles. The molecular weight excluding hydrogens is 192 g/mol. The van der Waals surface area contributed by atoms with Gasteiger partial charge in [-0.25, -0.2) is 4.98 Å². The Bertz CT molecular complexity index is 410. The van der Waals surface area contributed by atoms with Gasteiger partial charge in [0.25, 0.3) is 0 Å². The van der Waals surface area contributed by atoms with Gasteiger partial charge >= 0.3 is 0 Å². The summed E-state index contributed by atoms with van der Waals surface area (Å²) in [6.45, 7) is 0. The van der Waals surface area contributed by atoms with Crippen LogP contribution in [0.5, 0.6) is 0 Å². The van der Waals surface area contributed by atoms with Crippen molar-refractivity contribution < 1.29 is 0 Å². The second-order valence-electron chi connectivity index (χ2n) is 2.38. The zero-order valence-corrected chi connectivity index (χ0v) is 8.04. The van der Waals surface area contributed by atoms with Crippen molar-refractivity contribution in [1.82, 2.24) is 9.97 Å². The van der Waals surface area contributed by atoms with E-state index in [0.29, 0.717) is 5.28 Å². The minimum atomic E-state index is 0.450. The number of nitrogens with one attached hydrogen (secondary N) is 1. The summed E-state index contributed by atoms with van der Waals surface area (Å²) in [6, 6.07) is 5.99. The number of hydrogen-bond donors (Lipinski definition) is 1. The standard InChI is InChI=1S/C8H7ClN2S/c1-12-6-4-2-3-5-7(6)11-8(9)10-5/h2-4H,1H3,(H,10,11). The van der Waals surface area contributed by atoms with E-state index in [4.69, 9.17) is 11.6 Å². The third-order valence-corrected chi connectivity index (χ3v) is 2.61. The Morgan fingerprint density at radius 1 is 1.50 bits per heavy atom. The lowest BCUT2D eigenvalue weighted by molar-refractivity contribution is 1.33. The molecule has 1 aromatic carbocycles. The summed E-state index contributed by atoms with van der Waals surface area (Å²) in [7, 11) is 0. The molecule has 1 N–H and O–H groups in total. The number of rotatable bonds is 1. The summed E-state index contributed by atoms with van der Waals surface area (Å²) in [5.41, 5.74) is 1.95. The number of H-pyrrole nitrogens is 1. The molecule has 0 saturated carbocycles. The van der Waals surface area contributed by atoms with Crippen LogP contribution in [0.2, 0.25) is 5.28 Å². The minimum absolute atomic E-state index is 0.450. The van der Waals surface area contributed by atoms with Crippen molar-refractivity contribution in [3.05, 3.63) is 23.5 Å². The normalized spacial score (nSPS) is 10.8. The molecule has 4 heteroatoms. The summed E-state index contributed by atoms with van der Waals surface area (Å²) in [5.74, 6) is 0. The van der Waals surface area contributed by atoms with Crippen LogP contribution in [0.4, 0.5) is 0 Å². The van der Waals surface area contributed by atoms with Crippen LogP contribution in [0, 0.1) is 0 Å². The molecule has 0 bridgehead atoms. The predicted molar refractivity (Wildman–Crippen MR) is 52.9 cm³/mol. The van der Waals surface area contributed by atoms with Gasteiger partial charge in [-0.3, -0.25) is 0 Å². The lowest BCUT2D eigenvalue weighted by Gasteiger charge is -1.94. The van der Waals surface area contributed by atoms with Gasteiger partial charge in [0.1, 0.15) is 5.52 Å². The van der Waals surface area contributed by atoms with E-state index in [-0.39, 0.29) is 0 Å². The van der Waals surface area contributed by atoms with Crippen LogP contribution in [0.15, 0.2) is 23.1 Å². The molecule has 62 valence electrons. The summed E-state index contributed by atoms with van der Waals surface area (Å²) < 4.78 is 0. The molecule has 1 heterocycles. The number of aromatic nitrogens is 2. The number of benzene rings is 1. The SMILES string of the molecule is CSc1cccc2[nH]c(Cl)nc12. The molecule has 0 atom stereocenters. The second-order valence-corrected chi connectivity index (χ2v) is 3.59. The van der Waals surface area contributed by atoms with Crippen molar-refractivity contribution in [2.75, 3.05) is 6.26 Å². The van der Waals surface area contributed by atoms with E-state index in [0.717, 1.165) is 15.9 Å². The maximum Gasteiger partial charge on any atom is 0.201 e. The molecule has 0 fully saturated rings. The minimum Gasteiger partial charge on any atom is -0.329 e. The molecule has 2 rings (SSSR count). The summed E-state index contributed by atoms with van der Waals surface area (Å²) in [5, 5.41) is 0.450. The molecule has 2 aromatic rings. The molecular formula is C8H7ClN2S. The third-order valence-electron chi connectivity index (χ3n) is 1.67. The van der Waals surface area contributed by atoms with Crippen LogP contribution in [-0.2, 0) is 0 Å². The highest BCUT2D eigenvalue weighted by molar-refractivity contribution is 7.98. The number of imidazole rings is 1. The highest BCUT2D eigenvalue weighted by Gasteiger charge is 2.03. The Kier molecular flexibility index (Phi) is 1.98. The van der Waals surface area contributed by atoms with Crippen molar-refractivity contribution in [3.63, 3.8) is 0 Å². The molecule has 0 saturated heterocycles. The maximum absolute atomic E-state index is 5.74. The average Bonchev–Trinajstić information content (AvgIpc) is 2.44. The molecule has 0 spiro atoms. The number of fused-ring (bicyclic) bond motifs is 1. The lowest BCUT2D eigenvalue weighted by atomic mass is 10.3. The molecule has 0 aliphatic heterocycles. The molecule has 0 radical (unpaired) electrons. The first-order valence-electron chi connectivity index (χ1n) is 3.49. The largest absolute Gasteiger partial charge is 0.329 e. The van der Waals surface area contributed by atoms with E-state index >= 15 is 0 Å². The van der Waals surface area contributed by atoms with E-state index in [1.54, 1.807) is 11.8 Å². The lowest BCUT2D eigenvalue weighted by Crippen LogP contribution is -1.73. The Hall–Kier alpha value is -0.670. The fraction of sp³-hybridized carbons (Fsp3) is 0.125. The smallest absolute Gasteiger partial charge is 0.201 e. The zero-order valence-electron chi connectivity index (χ0n) is 6.47. The Morgan fingerprint density at radius 3 is 3.08 bits per heavy atom. The van der Waals surface area contributed by atoms with Crippen molar-refractivity contribution in [2.45, 2.75) is 4.90 Å². The number of nitrogens with zero attached hydrogens (tertiary/aromatic N) is 1. The van der Waals surface area contributed by atoms with Gasteiger partial charge in [0.15, 0.2) is 0 Å². The molecule has 0 unspecified atom stereocenters. The first-order valence-corrected chi connectivity index (χ1v) is 5.10.